The molecule has 0 aromatic carbocycles. The molecule has 1 saturated heterocycles. The molecule has 0 bridgehead atoms. The highest BCUT2D eigenvalue weighted by atomic mass is 32.2. The molecule has 0 radical (unpaired) electrons. The molecule has 1 fully saturated rings. The summed E-state index contributed by atoms with van der Waals surface area (Å²) in [6, 6.07) is 0.507. The minimum absolute atomic E-state index is 0.222. The molecule has 1 unspecified atom stereocenters. The van der Waals surface area contributed by atoms with E-state index in [-0.39, 0.29) is 5.82 Å². The second kappa shape index (κ2) is 5.86. The summed E-state index contributed by atoms with van der Waals surface area (Å²) >= 11 is 3.63. The van der Waals surface area contributed by atoms with Gasteiger partial charge in [-0.05, 0) is 0 Å². The quantitative estimate of drug-likeness (QED) is 0.861. The molecule has 1 aliphatic rings. The maximum absolute atomic E-state index is 13.2. The topological polar surface area (TPSA) is 24.9 Å². The van der Waals surface area contributed by atoms with E-state index in [9.17, 15) is 13.2 Å². The van der Waals surface area contributed by atoms with Crippen LogP contribution in [0.5, 0.6) is 0 Å². The Morgan fingerprint density at radius 1 is 1.29 bits per heavy atom. The number of thioether (sulfide) groups is 2. The normalized spacial score (nSPS) is 20.3. The van der Waals surface area contributed by atoms with Gasteiger partial charge in [-0.2, -0.15) is 32.9 Å². The minimum Gasteiger partial charge on any atom is -0.366 e. The Kier molecular flexibility index (Phi) is 4.44. The number of aromatic nitrogens is 1. The summed E-state index contributed by atoms with van der Waals surface area (Å²) < 4.78 is 38.7. The number of hydrogen-bond donors (Lipinski definition) is 1. The van der Waals surface area contributed by atoms with E-state index in [0.717, 1.165) is 17.3 Å². The average molecular weight is 280 g/mol. The van der Waals surface area contributed by atoms with E-state index in [1.165, 1.54) is 0 Å². The molecule has 94 valence electrons. The predicted molar refractivity (Wildman–Crippen MR) is 66.2 cm³/mol. The van der Waals surface area contributed by atoms with Crippen LogP contribution in [0.1, 0.15) is 0 Å². The summed E-state index contributed by atoms with van der Waals surface area (Å²) in [5.41, 5.74) is 0. The van der Waals surface area contributed by atoms with E-state index in [0.29, 0.717) is 17.9 Å². The lowest BCUT2D eigenvalue weighted by Crippen LogP contribution is -2.24. The monoisotopic (exact) mass is 280 g/mol. The van der Waals surface area contributed by atoms with Gasteiger partial charge >= 0.3 is 0 Å². The van der Waals surface area contributed by atoms with Crippen LogP contribution >= 0.6 is 23.5 Å². The van der Waals surface area contributed by atoms with Crippen LogP contribution in [0.4, 0.5) is 19.0 Å². The summed E-state index contributed by atoms with van der Waals surface area (Å²) in [5, 5.41) is 3.07. The molecule has 17 heavy (non-hydrogen) atoms. The van der Waals surface area contributed by atoms with Crippen molar-refractivity contribution in [2.24, 2.45) is 0 Å². The van der Waals surface area contributed by atoms with Crippen molar-refractivity contribution in [2.45, 2.75) is 5.25 Å². The Balaban J connectivity index is 1.96. The lowest BCUT2D eigenvalue weighted by Gasteiger charge is -2.21. The highest BCUT2D eigenvalue weighted by Crippen LogP contribution is 2.24. The molecule has 0 aliphatic carbocycles. The Bertz CT molecular complexity index is 397. The molecule has 1 aromatic rings. The standard InChI is InChI=1S/C10H11F3N2S2/c11-7-3-8(12)10(15-9(7)13)14-4-6-5-16-1-2-17-6/h3,6H,1-2,4-5H2,(H,14,15). The summed E-state index contributed by atoms with van der Waals surface area (Å²) in [6.07, 6.45) is 0. The van der Waals surface area contributed by atoms with Gasteiger partial charge in [-0.1, -0.05) is 0 Å². The number of hydrogen-bond acceptors (Lipinski definition) is 4. The van der Waals surface area contributed by atoms with Crippen molar-refractivity contribution in [3.05, 3.63) is 23.6 Å². The first-order valence-electron chi connectivity index (χ1n) is 5.11. The van der Waals surface area contributed by atoms with Gasteiger partial charge in [-0.25, -0.2) is 8.78 Å². The zero-order chi connectivity index (χ0) is 12.3. The van der Waals surface area contributed by atoms with Crippen molar-refractivity contribution in [1.29, 1.82) is 0 Å². The molecule has 1 aliphatic heterocycles. The fraction of sp³-hybridized carbons (Fsp3) is 0.500. The number of pyridine rings is 1. The first-order valence-corrected chi connectivity index (χ1v) is 7.32. The van der Waals surface area contributed by atoms with Crippen molar-refractivity contribution in [3.63, 3.8) is 0 Å². The van der Waals surface area contributed by atoms with Gasteiger partial charge < -0.3 is 5.32 Å². The molecular weight excluding hydrogens is 269 g/mol. The SMILES string of the molecule is Fc1cc(F)c(NCC2CSCCS2)nc1F. The first kappa shape index (κ1) is 12.9. The Labute approximate surface area is 106 Å². The van der Waals surface area contributed by atoms with Gasteiger partial charge in [0.2, 0.25) is 0 Å². The molecule has 7 heteroatoms. The molecular formula is C10H11F3N2S2. The number of nitrogens with zero attached hydrogens (tertiary/aromatic N) is 1. The summed E-state index contributed by atoms with van der Waals surface area (Å²) in [6.45, 7) is 0.507. The van der Waals surface area contributed by atoms with Gasteiger partial charge in [0.1, 0.15) is 0 Å². The van der Waals surface area contributed by atoms with E-state index in [4.69, 9.17) is 0 Å². The van der Waals surface area contributed by atoms with Gasteiger partial charge in [-0.3, -0.25) is 0 Å². The van der Waals surface area contributed by atoms with E-state index < -0.39 is 17.6 Å². The van der Waals surface area contributed by atoms with Crippen molar-refractivity contribution in [2.75, 3.05) is 29.1 Å². The summed E-state index contributed by atoms with van der Waals surface area (Å²) in [5.74, 6) is -0.472. The zero-order valence-electron chi connectivity index (χ0n) is 8.88. The maximum Gasteiger partial charge on any atom is 0.251 e. The third-order valence-electron chi connectivity index (χ3n) is 2.27. The number of halogens is 3. The number of nitrogens with one attached hydrogen (secondary N) is 1. The van der Waals surface area contributed by atoms with Crippen molar-refractivity contribution < 1.29 is 13.2 Å². The molecule has 1 N–H and O–H groups in total. The van der Waals surface area contributed by atoms with Gasteiger partial charge in [-0.15, -0.1) is 0 Å². The minimum atomic E-state index is -1.28. The van der Waals surface area contributed by atoms with Crippen LogP contribution in [0, 0.1) is 17.6 Å². The molecule has 1 atom stereocenters. The molecule has 2 rings (SSSR count). The van der Waals surface area contributed by atoms with Crippen LogP contribution in [0.25, 0.3) is 0 Å². The van der Waals surface area contributed by atoms with E-state index in [1.807, 2.05) is 11.8 Å². The third kappa shape index (κ3) is 3.45. The summed E-state index contributed by atoms with van der Waals surface area (Å²) in [4.78, 5) is 3.21. The van der Waals surface area contributed by atoms with Gasteiger partial charge in [0.25, 0.3) is 5.95 Å². The molecule has 1 aromatic heterocycles. The van der Waals surface area contributed by atoms with Crippen LogP contribution in [0.2, 0.25) is 0 Å². The second-order valence-corrected chi connectivity index (χ2v) is 6.10. The lowest BCUT2D eigenvalue weighted by atomic mass is 10.4. The van der Waals surface area contributed by atoms with Gasteiger partial charge in [0.15, 0.2) is 17.5 Å². The molecule has 0 amide bonds. The first-order chi connectivity index (χ1) is 8.16. The molecule has 2 nitrogen and oxygen atoms in total. The van der Waals surface area contributed by atoms with Gasteiger partial charge in [0, 0.05) is 35.1 Å². The van der Waals surface area contributed by atoms with Crippen molar-refractivity contribution >= 4 is 29.3 Å². The smallest absolute Gasteiger partial charge is 0.251 e. The van der Waals surface area contributed by atoms with Crippen LogP contribution in [0.3, 0.4) is 0 Å². The van der Waals surface area contributed by atoms with Crippen molar-refractivity contribution in [1.82, 2.24) is 4.98 Å². The Hall–Kier alpha value is -0.560. The largest absolute Gasteiger partial charge is 0.366 e. The van der Waals surface area contributed by atoms with Crippen molar-refractivity contribution in [3.8, 4) is 0 Å². The Morgan fingerprint density at radius 2 is 2.12 bits per heavy atom. The highest BCUT2D eigenvalue weighted by molar-refractivity contribution is 8.06. The predicted octanol–water partition coefficient (Wildman–Crippen LogP) is 2.76. The average Bonchev–Trinajstić information content (AvgIpc) is 2.33. The number of rotatable bonds is 3. The van der Waals surface area contributed by atoms with Gasteiger partial charge in [0.05, 0.1) is 0 Å². The molecule has 2 heterocycles. The second-order valence-electron chi connectivity index (χ2n) is 3.54. The maximum atomic E-state index is 13.2. The van der Waals surface area contributed by atoms with Crippen LogP contribution in [-0.4, -0.2) is 34.0 Å². The fourth-order valence-corrected chi connectivity index (χ4v) is 4.04. The van der Waals surface area contributed by atoms with E-state index >= 15 is 0 Å². The van der Waals surface area contributed by atoms with Crippen LogP contribution in [0.15, 0.2) is 6.07 Å². The van der Waals surface area contributed by atoms with Crippen LogP contribution < -0.4 is 5.32 Å². The molecule has 0 saturated carbocycles. The zero-order valence-corrected chi connectivity index (χ0v) is 10.5. The third-order valence-corrected chi connectivity index (χ3v) is 5.11. The van der Waals surface area contributed by atoms with E-state index in [1.54, 1.807) is 11.8 Å². The molecule has 0 spiro atoms. The number of anilines is 1. The fourth-order valence-electron chi connectivity index (χ4n) is 1.43. The highest BCUT2D eigenvalue weighted by Gasteiger charge is 2.16. The van der Waals surface area contributed by atoms with E-state index in [2.05, 4.69) is 10.3 Å². The Morgan fingerprint density at radius 3 is 2.82 bits per heavy atom. The summed E-state index contributed by atoms with van der Waals surface area (Å²) in [7, 11) is 0. The lowest BCUT2D eigenvalue weighted by molar-refractivity contribution is 0.466. The van der Waals surface area contributed by atoms with Crippen LogP contribution in [-0.2, 0) is 0 Å².